The van der Waals surface area contributed by atoms with Crippen LogP contribution in [-0.4, -0.2) is 35.3 Å². The van der Waals surface area contributed by atoms with Gasteiger partial charge >= 0.3 is 0 Å². The van der Waals surface area contributed by atoms with E-state index in [9.17, 15) is 4.79 Å². The summed E-state index contributed by atoms with van der Waals surface area (Å²) in [5, 5.41) is 0. The maximum absolute atomic E-state index is 12.5. The van der Waals surface area contributed by atoms with Crippen molar-refractivity contribution in [2.45, 2.75) is 33.2 Å². The van der Waals surface area contributed by atoms with Gasteiger partial charge in [-0.15, -0.1) is 0 Å². The number of rotatable bonds is 3. The number of nitrogens with zero attached hydrogens (tertiary/aromatic N) is 2. The van der Waals surface area contributed by atoms with E-state index in [1.54, 1.807) is 0 Å². The number of benzene rings is 1. The highest BCUT2D eigenvalue weighted by molar-refractivity contribution is 5.77. The van der Waals surface area contributed by atoms with Crippen LogP contribution < -0.4 is 0 Å². The molecule has 0 N–H and O–H groups in total. The molecular formula is C18H26N2O. The molecule has 1 saturated heterocycles. The van der Waals surface area contributed by atoms with Gasteiger partial charge in [0.1, 0.15) is 0 Å². The van der Waals surface area contributed by atoms with Crippen molar-refractivity contribution in [2.24, 2.45) is 5.41 Å². The summed E-state index contributed by atoms with van der Waals surface area (Å²) in [5.74, 6) is 0.257. The number of carbonyl (C=O) groups excluding carboxylic acids is 1. The smallest absolute Gasteiger partial charge is 0.223 e. The van der Waals surface area contributed by atoms with Gasteiger partial charge in [0.25, 0.3) is 0 Å². The average Bonchev–Trinajstić information content (AvgIpc) is 2.45. The number of hydrogen-bond acceptors (Lipinski definition) is 2. The summed E-state index contributed by atoms with van der Waals surface area (Å²) in [6.07, 6.45) is 2.49. The Morgan fingerprint density at radius 2 is 1.95 bits per heavy atom. The van der Waals surface area contributed by atoms with E-state index in [0.29, 0.717) is 6.42 Å². The molecule has 1 aliphatic rings. The van der Waals surface area contributed by atoms with Gasteiger partial charge in [-0.1, -0.05) is 57.7 Å². The molecule has 0 aromatic heterocycles. The van der Waals surface area contributed by atoms with Crippen LogP contribution in [-0.2, 0) is 4.79 Å². The summed E-state index contributed by atoms with van der Waals surface area (Å²) < 4.78 is 0. The monoisotopic (exact) mass is 286 g/mol. The molecule has 0 radical (unpaired) electrons. The minimum absolute atomic E-state index is 0.0366. The second-order valence-electron chi connectivity index (χ2n) is 6.92. The minimum atomic E-state index is 0.0366. The molecule has 0 spiro atoms. The fourth-order valence-corrected chi connectivity index (χ4v) is 2.78. The fourth-order valence-electron chi connectivity index (χ4n) is 2.78. The van der Waals surface area contributed by atoms with Crippen molar-refractivity contribution < 1.29 is 4.79 Å². The summed E-state index contributed by atoms with van der Waals surface area (Å²) in [6, 6.07) is 10.6. The van der Waals surface area contributed by atoms with E-state index >= 15 is 0 Å². The molecule has 1 aromatic rings. The zero-order chi connectivity index (χ0) is 15.5. The molecule has 2 rings (SSSR count). The Kier molecular flexibility index (Phi) is 4.71. The largest absolute Gasteiger partial charge is 0.367 e. The molecule has 1 fully saturated rings. The number of piperazine rings is 1. The Bertz CT molecular complexity index is 490. The minimum Gasteiger partial charge on any atom is -0.367 e. The van der Waals surface area contributed by atoms with Crippen molar-refractivity contribution in [1.29, 1.82) is 0 Å². The standard InChI is InChI=1S/C18H26N2O/c1-5-19-11-12-20(17(21)13-18(2,3)4)14-16(19)15-9-7-6-8-10-15/h5-10,16H,1,11-14H2,2-4H3/t16-/m1/s1. The van der Waals surface area contributed by atoms with Crippen molar-refractivity contribution in [3.63, 3.8) is 0 Å². The first-order valence-corrected chi connectivity index (χ1v) is 7.62. The van der Waals surface area contributed by atoms with Crippen molar-refractivity contribution >= 4 is 5.91 Å². The highest BCUT2D eigenvalue weighted by Gasteiger charge is 2.30. The molecule has 1 amide bonds. The summed E-state index contributed by atoms with van der Waals surface area (Å²) in [7, 11) is 0. The van der Waals surface area contributed by atoms with Crippen molar-refractivity contribution in [2.75, 3.05) is 19.6 Å². The summed E-state index contributed by atoms with van der Waals surface area (Å²) in [5.41, 5.74) is 1.28. The number of hydrogen-bond donors (Lipinski definition) is 0. The van der Waals surface area contributed by atoms with Gasteiger partial charge in [-0.05, 0) is 17.2 Å². The molecule has 3 heteroatoms. The van der Waals surface area contributed by atoms with Crippen molar-refractivity contribution in [3.8, 4) is 0 Å². The third-order valence-electron chi connectivity index (χ3n) is 3.87. The summed E-state index contributed by atoms with van der Waals surface area (Å²) in [4.78, 5) is 16.7. The van der Waals surface area contributed by atoms with Crippen molar-refractivity contribution in [1.82, 2.24) is 9.80 Å². The van der Waals surface area contributed by atoms with Crippen molar-refractivity contribution in [3.05, 3.63) is 48.7 Å². The quantitative estimate of drug-likeness (QED) is 0.849. The first-order valence-electron chi connectivity index (χ1n) is 7.62. The topological polar surface area (TPSA) is 23.6 Å². The molecule has 1 aliphatic heterocycles. The lowest BCUT2D eigenvalue weighted by Gasteiger charge is -2.41. The van der Waals surface area contributed by atoms with Crippen LogP contribution in [0.2, 0.25) is 0 Å². The third kappa shape index (κ3) is 4.10. The predicted molar refractivity (Wildman–Crippen MR) is 86.7 cm³/mol. The van der Waals surface area contributed by atoms with Gasteiger partial charge in [0, 0.05) is 26.1 Å². The van der Waals surface area contributed by atoms with Gasteiger partial charge in [-0.25, -0.2) is 0 Å². The highest BCUT2D eigenvalue weighted by Crippen LogP contribution is 2.27. The normalized spacial score (nSPS) is 19.5. The SMILES string of the molecule is C=CN1CCN(C(=O)CC(C)(C)C)C[C@@H]1c1ccccc1. The van der Waals surface area contributed by atoms with Gasteiger partial charge in [-0.3, -0.25) is 4.79 Å². The van der Waals surface area contributed by atoms with Gasteiger partial charge in [0.05, 0.1) is 6.04 Å². The summed E-state index contributed by atoms with van der Waals surface area (Å²) >= 11 is 0. The Balaban J connectivity index is 2.12. The molecular weight excluding hydrogens is 260 g/mol. The van der Waals surface area contributed by atoms with E-state index < -0.39 is 0 Å². The molecule has 0 bridgehead atoms. The van der Waals surface area contributed by atoms with Gasteiger partial charge < -0.3 is 9.80 Å². The highest BCUT2D eigenvalue weighted by atomic mass is 16.2. The van der Waals surface area contributed by atoms with Crippen LogP contribution >= 0.6 is 0 Å². The van der Waals surface area contributed by atoms with Crippen LogP contribution in [0.1, 0.15) is 38.8 Å². The van der Waals surface area contributed by atoms with Gasteiger partial charge in [-0.2, -0.15) is 0 Å². The van der Waals surface area contributed by atoms with E-state index in [0.717, 1.165) is 19.6 Å². The molecule has 1 aromatic carbocycles. The van der Waals surface area contributed by atoms with Gasteiger partial charge in [0.15, 0.2) is 0 Å². The average molecular weight is 286 g/mol. The Hall–Kier alpha value is -1.77. The molecule has 0 unspecified atom stereocenters. The molecule has 0 saturated carbocycles. The molecule has 1 atom stereocenters. The zero-order valence-electron chi connectivity index (χ0n) is 13.4. The maximum atomic E-state index is 12.5. The van der Waals surface area contributed by atoms with Crippen LogP contribution in [0.4, 0.5) is 0 Å². The van der Waals surface area contributed by atoms with E-state index in [2.05, 4.69) is 44.4 Å². The third-order valence-corrected chi connectivity index (χ3v) is 3.87. The summed E-state index contributed by atoms with van der Waals surface area (Å²) in [6.45, 7) is 12.6. The van der Waals surface area contributed by atoms with E-state index in [1.165, 1.54) is 5.56 Å². The fraction of sp³-hybridized carbons (Fsp3) is 0.500. The van der Waals surface area contributed by atoms with Crippen LogP contribution in [0.15, 0.2) is 43.1 Å². The van der Waals surface area contributed by atoms with E-state index in [-0.39, 0.29) is 17.4 Å². The van der Waals surface area contributed by atoms with Crippen LogP contribution in [0, 0.1) is 5.41 Å². The number of carbonyl (C=O) groups is 1. The van der Waals surface area contributed by atoms with E-state index in [1.807, 2.05) is 29.3 Å². The second-order valence-corrected chi connectivity index (χ2v) is 6.92. The molecule has 114 valence electrons. The maximum Gasteiger partial charge on any atom is 0.223 e. The second kappa shape index (κ2) is 6.33. The molecule has 21 heavy (non-hydrogen) atoms. The lowest BCUT2D eigenvalue weighted by atomic mass is 9.91. The molecule has 3 nitrogen and oxygen atoms in total. The Labute approximate surface area is 128 Å². The van der Waals surface area contributed by atoms with Crippen LogP contribution in [0.5, 0.6) is 0 Å². The van der Waals surface area contributed by atoms with Gasteiger partial charge in [0.2, 0.25) is 5.91 Å². The first kappa shape index (κ1) is 15.6. The van der Waals surface area contributed by atoms with E-state index in [4.69, 9.17) is 0 Å². The zero-order valence-corrected chi connectivity index (χ0v) is 13.4. The Morgan fingerprint density at radius 1 is 1.29 bits per heavy atom. The Morgan fingerprint density at radius 3 is 2.52 bits per heavy atom. The molecule has 0 aliphatic carbocycles. The van der Waals surface area contributed by atoms with Crippen LogP contribution in [0.3, 0.4) is 0 Å². The predicted octanol–water partition coefficient (Wildman–Crippen LogP) is 3.45. The van der Waals surface area contributed by atoms with Crippen LogP contribution in [0.25, 0.3) is 0 Å². The number of amides is 1. The molecule has 1 heterocycles. The lowest BCUT2D eigenvalue weighted by molar-refractivity contribution is -0.135. The first-order chi connectivity index (χ1) is 9.90. The lowest BCUT2D eigenvalue weighted by Crippen LogP contribution is -2.49.